The summed E-state index contributed by atoms with van der Waals surface area (Å²) in [4.78, 5) is 32.8. The van der Waals surface area contributed by atoms with Gasteiger partial charge in [-0.25, -0.2) is 4.39 Å². The van der Waals surface area contributed by atoms with Gasteiger partial charge in [0.2, 0.25) is 0 Å². The van der Waals surface area contributed by atoms with Crippen LogP contribution in [0.1, 0.15) is 13.3 Å². The summed E-state index contributed by atoms with van der Waals surface area (Å²) < 4.78 is 18.2. The van der Waals surface area contributed by atoms with Crippen molar-refractivity contribution in [3.05, 3.63) is 34.1 Å². The molecule has 0 heterocycles. The molecule has 1 aromatic rings. The summed E-state index contributed by atoms with van der Waals surface area (Å²) >= 11 is 0. The van der Waals surface area contributed by atoms with Crippen molar-refractivity contribution in [1.82, 2.24) is 0 Å². The monoisotopic (exact) mass is 296 g/mol. The molecular weight excluding hydrogens is 283 g/mol. The molecule has 0 radical (unpaired) electrons. The van der Waals surface area contributed by atoms with E-state index >= 15 is 0 Å². The third kappa shape index (κ3) is 3.74. The summed E-state index contributed by atoms with van der Waals surface area (Å²) in [6.45, 7) is 1.34. The van der Waals surface area contributed by atoms with E-state index in [1.807, 2.05) is 6.92 Å². The van der Waals surface area contributed by atoms with Crippen LogP contribution in [0.4, 0.5) is 15.8 Å². The molecule has 21 heavy (non-hydrogen) atoms. The summed E-state index contributed by atoms with van der Waals surface area (Å²) in [6, 6.07) is 2.77. The number of anilines is 1. The first-order valence-electron chi connectivity index (χ1n) is 6.29. The second-order valence-electron chi connectivity index (χ2n) is 4.90. The summed E-state index contributed by atoms with van der Waals surface area (Å²) in [7, 11) is 0. The molecule has 112 valence electrons. The molecule has 1 amide bonds. The van der Waals surface area contributed by atoms with Gasteiger partial charge in [0.05, 0.1) is 16.5 Å². The zero-order valence-corrected chi connectivity index (χ0v) is 11.2. The number of ether oxygens (including phenoxy) is 1. The molecular formula is C13H13FN2O5. The van der Waals surface area contributed by atoms with Crippen LogP contribution in [0.5, 0.6) is 0 Å². The maximum atomic E-state index is 13.4. The number of halogens is 1. The Labute approximate surface area is 119 Å². The highest BCUT2D eigenvalue weighted by Crippen LogP contribution is 2.38. The molecule has 0 spiro atoms. The van der Waals surface area contributed by atoms with Crippen LogP contribution in [0.2, 0.25) is 0 Å². The van der Waals surface area contributed by atoms with Gasteiger partial charge < -0.3 is 10.1 Å². The van der Waals surface area contributed by atoms with Gasteiger partial charge in [0.1, 0.15) is 5.82 Å². The van der Waals surface area contributed by atoms with E-state index in [1.165, 1.54) is 0 Å². The smallest absolute Gasteiger partial charge is 0.309 e. The molecule has 1 N–H and O–H groups in total. The first-order valence-corrected chi connectivity index (χ1v) is 6.29. The van der Waals surface area contributed by atoms with Crippen molar-refractivity contribution in [2.75, 3.05) is 11.9 Å². The molecule has 1 fully saturated rings. The Morgan fingerprint density at radius 2 is 2.19 bits per heavy atom. The number of carbonyl (C=O) groups is 2. The van der Waals surface area contributed by atoms with E-state index < -0.39 is 29.2 Å². The van der Waals surface area contributed by atoms with Crippen molar-refractivity contribution in [1.29, 1.82) is 0 Å². The first kappa shape index (κ1) is 14.9. The Kier molecular flexibility index (Phi) is 4.15. The third-order valence-electron chi connectivity index (χ3n) is 3.19. The van der Waals surface area contributed by atoms with Crippen LogP contribution < -0.4 is 5.32 Å². The number of nitro groups is 1. The number of hydrogen-bond acceptors (Lipinski definition) is 5. The zero-order chi connectivity index (χ0) is 15.6. The lowest BCUT2D eigenvalue weighted by molar-refractivity contribution is -0.384. The molecule has 2 atom stereocenters. The Bertz CT molecular complexity index is 604. The number of nitrogens with zero attached hydrogens (tertiary/aromatic N) is 1. The minimum Gasteiger partial charge on any atom is -0.455 e. The highest BCUT2D eigenvalue weighted by atomic mass is 19.1. The molecule has 8 heteroatoms. The normalized spacial score (nSPS) is 19.7. The van der Waals surface area contributed by atoms with E-state index in [-0.39, 0.29) is 23.2 Å². The maximum absolute atomic E-state index is 13.4. The van der Waals surface area contributed by atoms with Crippen molar-refractivity contribution in [3.63, 3.8) is 0 Å². The Morgan fingerprint density at radius 1 is 1.52 bits per heavy atom. The Hall–Kier alpha value is -2.51. The van der Waals surface area contributed by atoms with Crippen molar-refractivity contribution < 1.29 is 23.6 Å². The fourth-order valence-electron chi connectivity index (χ4n) is 1.80. The number of benzene rings is 1. The molecule has 1 saturated carbocycles. The largest absolute Gasteiger partial charge is 0.455 e. The van der Waals surface area contributed by atoms with Gasteiger partial charge in [-0.15, -0.1) is 0 Å². The fourth-order valence-corrected chi connectivity index (χ4v) is 1.80. The lowest BCUT2D eigenvalue weighted by Gasteiger charge is -2.07. The number of esters is 1. The molecule has 1 aromatic carbocycles. The van der Waals surface area contributed by atoms with Gasteiger partial charge in [0, 0.05) is 12.1 Å². The predicted molar refractivity (Wildman–Crippen MR) is 69.9 cm³/mol. The molecule has 0 bridgehead atoms. The van der Waals surface area contributed by atoms with E-state index in [0.29, 0.717) is 0 Å². The summed E-state index contributed by atoms with van der Waals surface area (Å²) in [5, 5.41) is 12.7. The second kappa shape index (κ2) is 5.86. The van der Waals surface area contributed by atoms with Gasteiger partial charge in [-0.3, -0.25) is 19.7 Å². The average Bonchev–Trinajstić information content (AvgIpc) is 3.15. The molecule has 0 aliphatic heterocycles. The van der Waals surface area contributed by atoms with Crippen molar-refractivity contribution >= 4 is 23.3 Å². The second-order valence-corrected chi connectivity index (χ2v) is 4.90. The number of non-ortho nitro benzene ring substituents is 1. The zero-order valence-electron chi connectivity index (χ0n) is 11.2. The number of hydrogen-bond donors (Lipinski definition) is 1. The van der Waals surface area contributed by atoms with Crippen LogP contribution in [-0.4, -0.2) is 23.4 Å². The quantitative estimate of drug-likeness (QED) is 0.508. The Balaban J connectivity index is 1.91. The van der Waals surface area contributed by atoms with Gasteiger partial charge in [0.15, 0.2) is 6.61 Å². The minimum absolute atomic E-state index is 0.174. The van der Waals surface area contributed by atoms with E-state index in [2.05, 4.69) is 5.32 Å². The molecule has 1 aliphatic rings. The van der Waals surface area contributed by atoms with E-state index in [4.69, 9.17) is 4.74 Å². The highest BCUT2D eigenvalue weighted by molar-refractivity contribution is 5.93. The Morgan fingerprint density at radius 3 is 2.76 bits per heavy atom. The molecule has 7 nitrogen and oxygen atoms in total. The van der Waals surface area contributed by atoms with Crippen LogP contribution >= 0.6 is 0 Å². The van der Waals surface area contributed by atoms with Crippen LogP contribution in [0.3, 0.4) is 0 Å². The molecule has 2 rings (SSSR count). The van der Waals surface area contributed by atoms with Crippen LogP contribution in [0.25, 0.3) is 0 Å². The lowest BCUT2D eigenvalue weighted by atomic mass is 10.2. The van der Waals surface area contributed by atoms with Crippen LogP contribution in [-0.2, 0) is 14.3 Å². The number of amides is 1. The van der Waals surface area contributed by atoms with Crippen molar-refractivity contribution in [2.45, 2.75) is 13.3 Å². The summed E-state index contributed by atoms with van der Waals surface area (Å²) in [5.41, 5.74) is -0.680. The average molecular weight is 296 g/mol. The minimum atomic E-state index is -0.809. The van der Waals surface area contributed by atoms with E-state index in [0.717, 1.165) is 24.6 Å². The molecule has 0 aromatic heterocycles. The first-order chi connectivity index (χ1) is 9.88. The topological polar surface area (TPSA) is 98.5 Å². The van der Waals surface area contributed by atoms with Crippen molar-refractivity contribution in [3.8, 4) is 0 Å². The van der Waals surface area contributed by atoms with Crippen molar-refractivity contribution in [2.24, 2.45) is 11.8 Å². The SMILES string of the molecule is C[C@H]1C[C@H]1C(=O)OCC(=O)Nc1cc([N+](=O)[O-])ccc1F. The number of carbonyl (C=O) groups excluding carboxylic acids is 2. The summed E-state index contributed by atoms with van der Waals surface area (Å²) in [6.07, 6.45) is 0.736. The standard InChI is InChI=1S/C13H13FN2O5/c1-7-4-9(7)13(18)21-6-12(17)15-11-5-8(16(19)20)2-3-10(11)14/h2-3,5,7,9H,4,6H2,1H3,(H,15,17)/t7-,9+/m0/s1. The van der Waals surface area contributed by atoms with Gasteiger partial charge in [-0.2, -0.15) is 0 Å². The molecule has 0 unspecified atom stereocenters. The number of nitro benzene ring substituents is 1. The van der Waals surface area contributed by atoms with Gasteiger partial charge in [0.25, 0.3) is 11.6 Å². The summed E-state index contributed by atoms with van der Waals surface area (Å²) in [5.74, 6) is -1.94. The molecule has 0 saturated heterocycles. The van der Waals surface area contributed by atoms with Gasteiger partial charge in [-0.1, -0.05) is 6.92 Å². The van der Waals surface area contributed by atoms with Gasteiger partial charge in [-0.05, 0) is 18.4 Å². The van der Waals surface area contributed by atoms with Crippen LogP contribution in [0, 0.1) is 27.8 Å². The van der Waals surface area contributed by atoms with E-state index in [9.17, 15) is 24.1 Å². The predicted octanol–water partition coefficient (Wildman–Crippen LogP) is 1.87. The fraction of sp³-hybridized carbons (Fsp3) is 0.385. The lowest BCUT2D eigenvalue weighted by Crippen LogP contribution is -2.22. The molecule has 1 aliphatic carbocycles. The maximum Gasteiger partial charge on any atom is 0.309 e. The van der Waals surface area contributed by atoms with Crippen LogP contribution in [0.15, 0.2) is 18.2 Å². The van der Waals surface area contributed by atoms with E-state index in [1.54, 1.807) is 0 Å². The highest BCUT2D eigenvalue weighted by Gasteiger charge is 2.40. The van der Waals surface area contributed by atoms with Gasteiger partial charge >= 0.3 is 5.97 Å². The number of rotatable bonds is 5. The number of nitrogens with one attached hydrogen (secondary N) is 1. The third-order valence-corrected chi connectivity index (χ3v) is 3.19.